The molecule has 0 saturated heterocycles. The van der Waals surface area contributed by atoms with Gasteiger partial charge in [0.2, 0.25) is 0 Å². The van der Waals surface area contributed by atoms with Crippen LogP contribution in [0.4, 0.5) is 0 Å². The van der Waals surface area contributed by atoms with E-state index in [-0.39, 0.29) is 18.4 Å². The quantitative estimate of drug-likeness (QED) is 0.860. The number of aryl methyl sites for hydroxylation is 3. The maximum Gasteiger partial charge on any atom is 0.0733 e. The van der Waals surface area contributed by atoms with Gasteiger partial charge in [0, 0.05) is 0 Å². The number of rotatable bonds is 5. The largest absolute Gasteiger partial charge is 0.391 e. The van der Waals surface area contributed by atoms with Crippen molar-refractivity contribution in [3.8, 4) is 0 Å². The molecule has 0 bridgehead atoms. The van der Waals surface area contributed by atoms with Gasteiger partial charge in [-0.05, 0) is 43.9 Å². The number of aliphatic hydroxyl groups is 1. The molecule has 0 aliphatic heterocycles. The molecular formula is C15H26ClNO. The molecule has 3 heteroatoms. The summed E-state index contributed by atoms with van der Waals surface area (Å²) >= 11 is 0. The molecule has 2 nitrogen and oxygen atoms in total. The molecule has 1 rings (SSSR count). The van der Waals surface area contributed by atoms with Crippen LogP contribution >= 0.6 is 12.4 Å². The minimum absolute atomic E-state index is 0. The van der Waals surface area contributed by atoms with Crippen LogP contribution < -0.4 is 5.73 Å². The molecule has 3 N–H and O–H groups in total. The Morgan fingerprint density at radius 3 is 2.11 bits per heavy atom. The van der Waals surface area contributed by atoms with E-state index in [4.69, 9.17) is 5.73 Å². The fraction of sp³-hybridized carbons (Fsp3) is 0.600. The summed E-state index contributed by atoms with van der Waals surface area (Å²) < 4.78 is 0. The highest BCUT2D eigenvalue weighted by Crippen LogP contribution is 2.26. The third-order valence-electron chi connectivity index (χ3n) is 3.34. The molecule has 0 saturated carbocycles. The first-order valence-corrected chi connectivity index (χ1v) is 6.48. The zero-order valence-electron chi connectivity index (χ0n) is 11.9. The molecule has 0 amide bonds. The number of nitrogens with two attached hydrogens (primary N) is 1. The topological polar surface area (TPSA) is 46.2 Å². The highest BCUT2D eigenvalue weighted by atomic mass is 35.5. The Labute approximate surface area is 117 Å². The highest BCUT2D eigenvalue weighted by molar-refractivity contribution is 5.85. The Hall–Kier alpha value is -0.570. The van der Waals surface area contributed by atoms with Crippen molar-refractivity contribution in [2.24, 2.45) is 5.73 Å². The smallest absolute Gasteiger partial charge is 0.0733 e. The SMILES string of the molecule is CCCC[C@@H](O)[C@@H](N)c1c(C)cc(C)cc1C.Cl. The monoisotopic (exact) mass is 271 g/mol. The number of aliphatic hydroxyl groups excluding tert-OH is 1. The van der Waals surface area contributed by atoms with Gasteiger partial charge in [-0.25, -0.2) is 0 Å². The molecule has 0 unspecified atom stereocenters. The third kappa shape index (κ3) is 4.27. The lowest BCUT2D eigenvalue weighted by Crippen LogP contribution is -2.27. The predicted octanol–water partition coefficient (Wildman–Crippen LogP) is 3.58. The Balaban J connectivity index is 0.00000289. The van der Waals surface area contributed by atoms with Crippen LogP contribution in [0, 0.1) is 20.8 Å². The molecule has 0 aromatic heterocycles. The summed E-state index contributed by atoms with van der Waals surface area (Å²) in [5.41, 5.74) is 10.9. The Morgan fingerprint density at radius 2 is 1.67 bits per heavy atom. The highest BCUT2D eigenvalue weighted by Gasteiger charge is 2.19. The first kappa shape index (κ1) is 17.4. The standard InChI is InChI=1S/C15H25NO.ClH/c1-5-6-7-13(17)15(16)14-11(3)8-10(2)9-12(14)4;/h8-9,13,15,17H,5-7,16H2,1-4H3;1H/t13-,15-;/m1./s1. The van der Waals surface area contributed by atoms with Crippen LogP contribution in [-0.2, 0) is 0 Å². The van der Waals surface area contributed by atoms with Crippen molar-refractivity contribution in [1.29, 1.82) is 0 Å². The van der Waals surface area contributed by atoms with Gasteiger partial charge >= 0.3 is 0 Å². The summed E-state index contributed by atoms with van der Waals surface area (Å²) in [4.78, 5) is 0. The van der Waals surface area contributed by atoms with Gasteiger partial charge in [0.1, 0.15) is 0 Å². The van der Waals surface area contributed by atoms with E-state index in [0.29, 0.717) is 0 Å². The van der Waals surface area contributed by atoms with E-state index in [1.165, 1.54) is 16.7 Å². The van der Waals surface area contributed by atoms with Gasteiger partial charge in [-0.1, -0.05) is 37.5 Å². The molecule has 0 spiro atoms. The van der Waals surface area contributed by atoms with E-state index in [9.17, 15) is 5.11 Å². The normalized spacial score (nSPS) is 13.9. The van der Waals surface area contributed by atoms with Crippen molar-refractivity contribution in [1.82, 2.24) is 0 Å². The van der Waals surface area contributed by atoms with Gasteiger partial charge in [0.25, 0.3) is 0 Å². The van der Waals surface area contributed by atoms with Crippen molar-refractivity contribution in [2.45, 2.75) is 59.1 Å². The number of unbranched alkanes of at least 4 members (excludes halogenated alkanes) is 1. The van der Waals surface area contributed by atoms with Gasteiger partial charge in [0.15, 0.2) is 0 Å². The number of halogens is 1. The summed E-state index contributed by atoms with van der Waals surface area (Å²) in [6.07, 6.45) is 2.47. The average molecular weight is 272 g/mol. The van der Waals surface area contributed by atoms with Crippen molar-refractivity contribution in [2.75, 3.05) is 0 Å². The maximum absolute atomic E-state index is 10.1. The number of hydrogen-bond donors (Lipinski definition) is 2. The maximum atomic E-state index is 10.1. The van der Waals surface area contributed by atoms with Crippen LogP contribution in [0.2, 0.25) is 0 Å². The second-order valence-electron chi connectivity index (χ2n) is 5.05. The summed E-state index contributed by atoms with van der Waals surface area (Å²) in [5.74, 6) is 0. The average Bonchev–Trinajstić information content (AvgIpc) is 2.24. The van der Waals surface area contributed by atoms with Crippen LogP contribution in [0.3, 0.4) is 0 Å². The predicted molar refractivity (Wildman–Crippen MR) is 80.4 cm³/mol. The molecule has 2 atom stereocenters. The lowest BCUT2D eigenvalue weighted by Gasteiger charge is -2.23. The van der Waals surface area contributed by atoms with Gasteiger partial charge in [0.05, 0.1) is 12.1 Å². The van der Waals surface area contributed by atoms with E-state index in [2.05, 4.69) is 39.8 Å². The lowest BCUT2D eigenvalue weighted by atomic mass is 9.90. The summed E-state index contributed by atoms with van der Waals surface area (Å²) in [5, 5.41) is 10.1. The second-order valence-corrected chi connectivity index (χ2v) is 5.05. The first-order chi connectivity index (χ1) is 7.97. The first-order valence-electron chi connectivity index (χ1n) is 6.48. The van der Waals surface area contributed by atoms with E-state index in [1.807, 2.05) is 0 Å². The van der Waals surface area contributed by atoms with Gasteiger partial charge in [-0.3, -0.25) is 0 Å². The van der Waals surface area contributed by atoms with Crippen LogP contribution in [0.5, 0.6) is 0 Å². The molecular weight excluding hydrogens is 246 g/mol. The zero-order chi connectivity index (χ0) is 13.0. The molecule has 1 aromatic rings. The molecule has 0 radical (unpaired) electrons. The lowest BCUT2D eigenvalue weighted by molar-refractivity contribution is 0.132. The van der Waals surface area contributed by atoms with Crippen molar-refractivity contribution >= 4 is 12.4 Å². The second kappa shape index (κ2) is 7.78. The molecule has 0 aliphatic rings. The summed E-state index contributed by atoms with van der Waals surface area (Å²) in [6.45, 7) is 8.35. The minimum Gasteiger partial charge on any atom is -0.391 e. The fourth-order valence-corrected chi connectivity index (χ4v) is 2.50. The molecule has 104 valence electrons. The Bertz CT molecular complexity index is 356. The minimum atomic E-state index is -0.435. The molecule has 1 aromatic carbocycles. The fourth-order valence-electron chi connectivity index (χ4n) is 2.50. The third-order valence-corrected chi connectivity index (χ3v) is 3.34. The molecule has 0 heterocycles. The summed E-state index contributed by atoms with van der Waals surface area (Å²) in [7, 11) is 0. The Kier molecular flexibility index (Phi) is 7.53. The zero-order valence-corrected chi connectivity index (χ0v) is 12.7. The van der Waals surface area contributed by atoms with Crippen molar-refractivity contribution in [3.05, 3.63) is 34.4 Å². The number of hydrogen-bond acceptors (Lipinski definition) is 2. The Morgan fingerprint density at radius 1 is 1.17 bits per heavy atom. The summed E-state index contributed by atoms with van der Waals surface area (Å²) in [6, 6.07) is 4.01. The van der Waals surface area contributed by atoms with Gasteiger partial charge < -0.3 is 10.8 Å². The molecule has 0 fully saturated rings. The van der Waals surface area contributed by atoms with Crippen molar-refractivity contribution < 1.29 is 5.11 Å². The van der Waals surface area contributed by atoms with E-state index >= 15 is 0 Å². The van der Waals surface area contributed by atoms with Crippen molar-refractivity contribution in [3.63, 3.8) is 0 Å². The van der Waals surface area contributed by atoms with Crippen LogP contribution in [-0.4, -0.2) is 11.2 Å². The van der Waals surface area contributed by atoms with Gasteiger partial charge in [-0.15, -0.1) is 12.4 Å². The number of benzene rings is 1. The van der Waals surface area contributed by atoms with E-state index in [0.717, 1.165) is 24.8 Å². The van der Waals surface area contributed by atoms with Crippen LogP contribution in [0.25, 0.3) is 0 Å². The van der Waals surface area contributed by atoms with Crippen LogP contribution in [0.1, 0.15) is 54.5 Å². The molecule has 0 aliphatic carbocycles. The van der Waals surface area contributed by atoms with E-state index in [1.54, 1.807) is 0 Å². The van der Waals surface area contributed by atoms with Crippen LogP contribution in [0.15, 0.2) is 12.1 Å². The van der Waals surface area contributed by atoms with E-state index < -0.39 is 6.10 Å². The molecule has 18 heavy (non-hydrogen) atoms. The van der Waals surface area contributed by atoms with Gasteiger partial charge in [-0.2, -0.15) is 0 Å².